The molecule has 0 saturated carbocycles. The van der Waals surface area contributed by atoms with Crippen LogP contribution in [0.4, 0.5) is 0 Å². The molecule has 0 fully saturated rings. The molecule has 2 aromatic rings. The van der Waals surface area contributed by atoms with Gasteiger partial charge in [0.05, 0.1) is 6.61 Å². The van der Waals surface area contributed by atoms with E-state index in [9.17, 15) is 0 Å². The molecule has 1 N–H and O–H groups in total. The van der Waals surface area contributed by atoms with Gasteiger partial charge in [-0.05, 0) is 49.5 Å². The fraction of sp³-hybridized carbons (Fsp3) is 0.333. The summed E-state index contributed by atoms with van der Waals surface area (Å²) in [5.74, 6) is 0.955. The molecule has 0 aliphatic rings. The third-order valence-electron chi connectivity index (χ3n) is 2.64. The van der Waals surface area contributed by atoms with Crippen molar-refractivity contribution in [2.45, 2.75) is 12.8 Å². The van der Waals surface area contributed by atoms with E-state index in [0.29, 0.717) is 0 Å². The second kappa shape index (κ2) is 7.90. The minimum atomic E-state index is 0.774. The van der Waals surface area contributed by atoms with Crippen molar-refractivity contribution in [1.82, 2.24) is 5.32 Å². The molecule has 0 saturated heterocycles. The quantitative estimate of drug-likeness (QED) is 0.736. The molecule has 0 aliphatic heterocycles. The molecule has 0 unspecified atom stereocenters. The van der Waals surface area contributed by atoms with E-state index in [1.807, 2.05) is 41.7 Å². The van der Waals surface area contributed by atoms with Crippen LogP contribution in [0.25, 0.3) is 0 Å². The highest BCUT2D eigenvalue weighted by molar-refractivity contribution is 7.09. The van der Waals surface area contributed by atoms with Gasteiger partial charge in [-0.3, -0.25) is 0 Å². The van der Waals surface area contributed by atoms with E-state index < -0.39 is 0 Å². The Labute approximate surface area is 113 Å². The number of nitrogens with one attached hydrogen (secondary N) is 1. The largest absolute Gasteiger partial charge is 0.494 e. The smallest absolute Gasteiger partial charge is 0.119 e. The molecule has 1 aromatic heterocycles. The van der Waals surface area contributed by atoms with E-state index in [4.69, 9.17) is 4.74 Å². The summed E-state index contributed by atoms with van der Waals surface area (Å²) in [4.78, 5) is 1.45. The Balaban J connectivity index is 1.47. The highest BCUT2D eigenvalue weighted by Gasteiger charge is 1.94. The molecule has 0 spiro atoms. The number of hydrogen-bond acceptors (Lipinski definition) is 3. The summed E-state index contributed by atoms with van der Waals surface area (Å²) >= 11 is 1.82. The van der Waals surface area contributed by atoms with Crippen LogP contribution in [0.15, 0.2) is 47.8 Å². The first-order valence-corrected chi connectivity index (χ1v) is 7.24. The normalized spacial score (nSPS) is 10.4. The topological polar surface area (TPSA) is 21.3 Å². The number of thiophene rings is 1. The summed E-state index contributed by atoms with van der Waals surface area (Å²) in [5, 5.41) is 5.56. The zero-order valence-corrected chi connectivity index (χ0v) is 11.3. The number of benzene rings is 1. The molecule has 2 nitrogen and oxygen atoms in total. The summed E-state index contributed by atoms with van der Waals surface area (Å²) in [6.45, 7) is 2.83. The van der Waals surface area contributed by atoms with Gasteiger partial charge >= 0.3 is 0 Å². The molecule has 18 heavy (non-hydrogen) atoms. The van der Waals surface area contributed by atoms with Crippen LogP contribution in [-0.2, 0) is 6.42 Å². The maximum atomic E-state index is 5.62. The van der Waals surface area contributed by atoms with Crippen molar-refractivity contribution < 1.29 is 4.74 Å². The van der Waals surface area contributed by atoms with Crippen LogP contribution in [0.3, 0.4) is 0 Å². The van der Waals surface area contributed by atoms with Gasteiger partial charge < -0.3 is 10.1 Å². The first-order chi connectivity index (χ1) is 8.95. The maximum absolute atomic E-state index is 5.62. The number of rotatable bonds is 8. The lowest BCUT2D eigenvalue weighted by Gasteiger charge is -2.06. The Morgan fingerprint density at radius 1 is 1.00 bits per heavy atom. The third kappa shape index (κ3) is 4.90. The zero-order valence-electron chi connectivity index (χ0n) is 10.5. The van der Waals surface area contributed by atoms with Gasteiger partial charge in [0.2, 0.25) is 0 Å². The molecule has 2 rings (SSSR count). The predicted octanol–water partition coefficient (Wildman–Crippen LogP) is 3.35. The molecule has 1 aromatic carbocycles. The maximum Gasteiger partial charge on any atom is 0.119 e. The second-order valence-corrected chi connectivity index (χ2v) is 5.13. The average molecular weight is 261 g/mol. The van der Waals surface area contributed by atoms with Crippen molar-refractivity contribution in [3.05, 3.63) is 52.7 Å². The molecule has 96 valence electrons. The highest BCUT2D eigenvalue weighted by atomic mass is 32.1. The molecule has 1 heterocycles. The first-order valence-electron chi connectivity index (χ1n) is 6.36. The molecule has 0 bridgehead atoms. The van der Waals surface area contributed by atoms with Crippen molar-refractivity contribution in [2.24, 2.45) is 0 Å². The Kier molecular flexibility index (Phi) is 5.76. The number of hydrogen-bond donors (Lipinski definition) is 1. The van der Waals surface area contributed by atoms with Gasteiger partial charge in [-0.15, -0.1) is 11.3 Å². The van der Waals surface area contributed by atoms with Gasteiger partial charge in [0.15, 0.2) is 0 Å². The lowest BCUT2D eigenvalue weighted by Crippen LogP contribution is -2.19. The van der Waals surface area contributed by atoms with Crippen LogP contribution in [0.5, 0.6) is 5.75 Å². The standard InChI is InChI=1S/C15H19NOS/c1-2-6-14(7-3-1)17-12-5-10-16-11-9-15-8-4-13-18-15/h1-4,6-8,13,16H,5,9-12H2. The van der Waals surface area contributed by atoms with Crippen molar-refractivity contribution in [1.29, 1.82) is 0 Å². The fourth-order valence-corrected chi connectivity index (χ4v) is 2.40. The van der Waals surface area contributed by atoms with Gasteiger partial charge in [0, 0.05) is 4.88 Å². The summed E-state index contributed by atoms with van der Waals surface area (Å²) in [6, 6.07) is 14.3. The first kappa shape index (κ1) is 13.1. The summed E-state index contributed by atoms with van der Waals surface area (Å²) in [6.07, 6.45) is 2.16. The monoisotopic (exact) mass is 261 g/mol. The van der Waals surface area contributed by atoms with Crippen LogP contribution in [0.2, 0.25) is 0 Å². The van der Waals surface area contributed by atoms with Gasteiger partial charge in [0.1, 0.15) is 5.75 Å². The van der Waals surface area contributed by atoms with E-state index in [2.05, 4.69) is 22.8 Å². The molecule has 0 radical (unpaired) electrons. The van der Waals surface area contributed by atoms with Crippen LogP contribution < -0.4 is 10.1 Å². The number of ether oxygens (including phenoxy) is 1. The third-order valence-corrected chi connectivity index (χ3v) is 3.57. The van der Waals surface area contributed by atoms with Gasteiger partial charge in [-0.25, -0.2) is 0 Å². The molecule has 0 aliphatic carbocycles. The number of para-hydroxylation sites is 1. The van der Waals surface area contributed by atoms with Crippen LogP contribution in [0.1, 0.15) is 11.3 Å². The minimum absolute atomic E-state index is 0.774. The second-order valence-electron chi connectivity index (χ2n) is 4.09. The Morgan fingerprint density at radius 2 is 1.89 bits per heavy atom. The van der Waals surface area contributed by atoms with Gasteiger partial charge in [0.25, 0.3) is 0 Å². The molecule has 0 atom stereocenters. The summed E-state index contributed by atoms with van der Waals surface area (Å²) in [5.41, 5.74) is 0. The van der Waals surface area contributed by atoms with E-state index >= 15 is 0 Å². The van der Waals surface area contributed by atoms with Crippen molar-refractivity contribution >= 4 is 11.3 Å². The molecular weight excluding hydrogens is 242 g/mol. The average Bonchev–Trinajstić information content (AvgIpc) is 2.92. The lowest BCUT2D eigenvalue weighted by molar-refractivity contribution is 0.308. The van der Waals surface area contributed by atoms with Crippen LogP contribution in [-0.4, -0.2) is 19.7 Å². The molecular formula is C15H19NOS. The Hall–Kier alpha value is -1.32. The molecule has 3 heteroatoms. The minimum Gasteiger partial charge on any atom is -0.494 e. The van der Waals surface area contributed by atoms with Crippen LogP contribution in [0, 0.1) is 0 Å². The van der Waals surface area contributed by atoms with Crippen molar-refractivity contribution in [3.8, 4) is 5.75 Å². The SMILES string of the molecule is c1ccc(OCCCNCCc2cccs2)cc1. The Morgan fingerprint density at radius 3 is 2.67 bits per heavy atom. The van der Waals surface area contributed by atoms with Gasteiger partial charge in [-0.1, -0.05) is 24.3 Å². The van der Waals surface area contributed by atoms with E-state index in [0.717, 1.165) is 38.3 Å². The van der Waals surface area contributed by atoms with E-state index in [1.165, 1.54) is 4.88 Å². The Bertz CT molecular complexity index is 413. The highest BCUT2D eigenvalue weighted by Crippen LogP contribution is 2.09. The van der Waals surface area contributed by atoms with Gasteiger partial charge in [-0.2, -0.15) is 0 Å². The molecule has 0 amide bonds. The van der Waals surface area contributed by atoms with Crippen molar-refractivity contribution in [3.63, 3.8) is 0 Å². The predicted molar refractivity (Wildman–Crippen MR) is 77.4 cm³/mol. The fourth-order valence-electron chi connectivity index (χ4n) is 1.70. The lowest BCUT2D eigenvalue weighted by atomic mass is 10.3. The van der Waals surface area contributed by atoms with Crippen molar-refractivity contribution in [2.75, 3.05) is 19.7 Å². The summed E-state index contributed by atoms with van der Waals surface area (Å²) in [7, 11) is 0. The zero-order chi connectivity index (χ0) is 12.5. The van der Waals surface area contributed by atoms with Crippen LogP contribution >= 0.6 is 11.3 Å². The van der Waals surface area contributed by atoms with E-state index in [-0.39, 0.29) is 0 Å². The summed E-state index contributed by atoms with van der Waals surface area (Å²) < 4.78 is 5.62. The van der Waals surface area contributed by atoms with E-state index in [1.54, 1.807) is 0 Å².